The fourth-order valence-corrected chi connectivity index (χ4v) is 2.89. The maximum Gasteiger partial charge on any atom is 0.178 e. The predicted molar refractivity (Wildman–Crippen MR) is 71.6 cm³/mol. The smallest absolute Gasteiger partial charge is 0.178 e. The highest BCUT2D eigenvalue weighted by molar-refractivity contribution is 7.71. The minimum absolute atomic E-state index is 0.533. The first-order chi connectivity index (χ1) is 8.29. The fraction of sp³-hybridized carbons (Fsp3) is 0.538. The second-order valence-electron chi connectivity index (χ2n) is 4.93. The van der Waals surface area contributed by atoms with E-state index in [2.05, 4.69) is 27.5 Å². The molecule has 17 heavy (non-hydrogen) atoms. The highest BCUT2D eigenvalue weighted by Gasteiger charge is 2.26. The largest absolute Gasteiger partial charge is 0.329 e. The molecule has 3 nitrogen and oxygen atoms in total. The summed E-state index contributed by atoms with van der Waals surface area (Å²) in [6, 6.07) is 2.59. The molecule has 2 heterocycles. The molecule has 3 rings (SSSR count). The van der Waals surface area contributed by atoms with Crippen molar-refractivity contribution < 1.29 is 0 Å². The van der Waals surface area contributed by atoms with Gasteiger partial charge in [0.1, 0.15) is 0 Å². The van der Waals surface area contributed by atoms with Gasteiger partial charge in [0.15, 0.2) is 4.77 Å². The average Bonchev–Trinajstić information content (AvgIpc) is 3.08. The van der Waals surface area contributed by atoms with Gasteiger partial charge in [0.25, 0.3) is 0 Å². The molecule has 2 aromatic rings. The Labute approximate surface area is 106 Å². The maximum absolute atomic E-state index is 5.45. The van der Waals surface area contributed by atoms with Crippen molar-refractivity contribution in [2.24, 2.45) is 5.92 Å². The third-order valence-electron chi connectivity index (χ3n) is 3.66. The number of hydrogen-bond acceptors (Lipinski definition) is 2. The second-order valence-corrected chi connectivity index (χ2v) is 5.32. The van der Waals surface area contributed by atoms with Crippen molar-refractivity contribution in [1.82, 2.24) is 14.5 Å². The number of hydrogen-bond donors (Lipinski definition) is 1. The lowest BCUT2D eigenvalue weighted by Crippen LogP contribution is -2.09. The number of nitrogens with one attached hydrogen (secondary N) is 1. The van der Waals surface area contributed by atoms with Crippen molar-refractivity contribution in [3.63, 3.8) is 0 Å². The molecule has 2 aromatic heterocycles. The summed E-state index contributed by atoms with van der Waals surface area (Å²) >= 11 is 5.45. The molecule has 0 aromatic carbocycles. The first-order valence-electron chi connectivity index (χ1n) is 6.33. The van der Waals surface area contributed by atoms with Crippen molar-refractivity contribution in [2.45, 2.75) is 38.6 Å². The van der Waals surface area contributed by atoms with E-state index >= 15 is 0 Å². The van der Waals surface area contributed by atoms with Gasteiger partial charge >= 0.3 is 0 Å². The molecular weight excluding hydrogens is 230 g/mol. The fourth-order valence-electron chi connectivity index (χ4n) is 2.53. The number of pyridine rings is 1. The summed E-state index contributed by atoms with van der Waals surface area (Å²) in [6.45, 7) is 2.24. The van der Waals surface area contributed by atoms with Crippen LogP contribution >= 0.6 is 12.2 Å². The van der Waals surface area contributed by atoms with E-state index in [1.54, 1.807) is 0 Å². The number of fused-ring (bicyclic) bond motifs is 1. The van der Waals surface area contributed by atoms with E-state index in [1.807, 2.05) is 12.4 Å². The number of aromatic nitrogens is 3. The van der Waals surface area contributed by atoms with E-state index < -0.39 is 0 Å². The second kappa shape index (κ2) is 4.26. The van der Waals surface area contributed by atoms with E-state index in [9.17, 15) is 0 Å². The molecule has 1 aliphatic carbocycles. The van der Waals surface area contributed by atoms with Gasteiger partial charge in [0.05, 0.1) is 17.2 Å². The molecule has 0 amide bonds. The lowest BCUT2D eigenvalue weighted by atomic mass is 10.1. The van der Waals surface area contributed by atoms with Gasteiger partial charge in [0.2, 0.25) is 0 Å². The van der Waals surface area contributed by atoms with Gasteiger partial charge in [-0.2, -0.15) is 0 Å². The summed E-state index contributed by atoms with van der Waals surface area (Å²) in [5, 5.41) is 0. The summed E-state index contributed by atoms with van der Waals surface area (Å²) in [4.78, 5) is 7.39. The molecule has 1 unspecified atom stereocenters. The molecule has 1 atom stereocenters. The van der Waals surface area contributed by atoms with Crippen LogP contribution in [0.25, 0.3) is 11.0 Å². The van der Waals surface area contributed by atoms with Crippen molar-refractivity contribution in [3.8, 4) is 0 Å². The van der Waals surface area contributed by atoms with Crippen LogP contribution in [0.4, 0.5) is 0 Å². The molecular formula is C13H17N3S. The molecule has 1 N–H and O–H groups in total. The van der Waals surface area contributed by atoms with Gasteiger partial charge in [-0.1, -0.05) is 19.8 Å². The van der Waals surface area contributed by atoms with Crippen LogP contribution in [0.3, 0.4) is 0 Å². The molecule has 1 aliphatic rings. The topological polar surface area (TPSA) is 33.6 Å². The summed E-state index contributed by atoms with van der Waals surface area (Å²) in [6.07, 6.45) is 8.89. The van der Waals surface area contributed by atoms with Crippen LogP contribution in [0.2, 0.25) is 0 Å². The van der Waals surface area contributed by atoms with E-state index in [0.29, 0.717) is 6.04 Å². The minimum Gasteiger partial charge on any atom is -0.329 e. The predicted octanol–water partition coefficient (Wildman–Crippen LogP) is 3.85. The Bertz CT molecular complexity index is 580. The zero-order chi connectivity index (χ0) is 11.8. The highest BCUT2D eigenvalue weighted by atomic mass is 32.1. The van der Waals surface area contributed by atoms with Crippen LogP contribution in [0.15, 0.2) is 18.5 Å². The van der Waals surface area contributed by atoms with Crippen LogP contribution in [0.1, 0.15) is 38.6 Å². The van der Waals surface area contributed by atoms with E-state index in [1.165, 1.54) is 24.8 Å². The first kappa shape index (κ1) is 11.0. The first-order valence-corrected chi connectivity index (χ1v) is 6.74. The zero-order valence-electron chi connectivity index (χ0n) is 10.0. The molecule has 90 valence electrons. The van der Waals surface area contributed by atoms with Crippen molar-refractivity contribution >= 4 is 23.3 Å². The van der Waals surface area contributed by atoms with Gasteiger partial charge in [0, 0.05) is 12.2 Å². The van der Waals surface area contributed by atoms with Crippen LogP contribution in [-0.2, 0) is 0 Å². The molecule has 1 fully saturated rings. The molecule has 0 saturated heterocycles. The molecule has 0 bridgehead atoms. The normalized spacial score (nSPS) is 17.5. The third-order valence-corrected chi connectivity index (χ3v) is 3.96. The summed E-state index contributed by atoms with van der Waals surface area (Å²) < 4.78 is 3.12. The monoisotopic (exact) mass is 247 g/mol. The molecule has 0 radical (unpaired) electrons. The Morgan fingerprint density at radius 1 is 1.59 bits per heavy atom. The Morgan fingerprint density at radius 2 is 2.41 bits per heavy atom. The van der Waals surface area contributed by atoms with E-state index in [-0.39, 0.29) is 0 Å². The quantitative estimate of drug-likeness (QED) is 0.833. The third kappa shape index (κ3) is 2.02. The Kier molecular flexibility index (Phi) is 2.74. The maximum atomic E-state index is 5.45. The lowest BCUT2D eigenvalue weighted by molar-refractivity contribution is 0.434. The number of imidazole rings is 1. The van der Waals surface area contributed by atoms with Gasteiger partial charge in [-0.3, -0.25) is 4.98 Å². The minimum atomic E-state index is 0.533. The summed E-state index contributed by atoms with van der Waals surface area (Å²) in [7, 11) is 0. The van der Waals surface area contributed by atoms with Gasteiger partial charge < -0.3 is 9.55 Å². The number of H-pyrrole nitrogens is 1. The van der Waals surface area contributed by atoms with Gasteiger partial charge in [-0.15, -0.1) is 0 Å². The lowest BCUT2D eigenvalue weighted by Gasteiger charge is -2.17. The Hall–Kier alpha value is -1.16. The summed E-state index contributed by atoms with van der Waals surface area (Å²) in [5.74, 6) is 0.925. The number of nitrogens with zero attached hydrogens (tertiary/aromatic N) is 2. The van der Waals surface area contributed by atoms with Crippen LogP contribution in [-0.4, -0.2) is 14.5 Å². The molecule has 4 heteroatoms. The van der Waals surface area contributed by atoms with Crippen molar-refractivity contribution in [1.29, 1.82) is 0 Å². The van der Waals surface area contributed by atoms with Crippen LogP contribution in [0, 0.1) is 10.7 Å². The van der Waals surface area contributed by atoms with Crippen molar-refractivity contribution in [3.05, 3.63) is 23.2 Å². The van der Waals surface area contributed by atoms with E-state index in [0.717, 1.165) is 22.6 Å². The van der Waals surface area contributed by atoms with Gasteiger partial charge in [-0.25, -0.2) is 0 Å². The number of rotatable bonds is 4. The highest BCUT2D eigenvalue weighted by Crippen LogP contribution is 2.38. The summed E-state index contributed by atoms with van der Waals surface area (Å²) in [5.41, 5.74) is 2.24. The Balaban J connectivity index is 2.07. The number of aromatic amines is 1. The SMILES string of the molecule is CCC(CC1CC1)n1c(=S)[nH]c2cnccc21. The van der Waals surface area contributed by atoms with Gasteiger partial charge in [-0.05, 0) is 37.0 Å². The average molecular weight is 247 g/mol. The molecule has 0 aliphatic heterocycles. The molecule has 1 saturated carbocycles. The Morgan fingerprint density at radius 3 is 3.12 bits per heavy atom. The standard InChI is InChI=1S/C13H17N3S/c1-2-10(7-9-3-4-9)16-12-5-6-14-8-11(12)15-13(16)17/h5-6,8-10H,2-4,7H2,1H3,(H,15,17). The zero-order valence-corrected chi connectivity index (χ0v) is 10.8. The van der Waals surface area contributed by atoms with Crippen LogP contribution < -0.4 is 0 Å². The van der Waals surface area contributed by atoms with Crippen LogP contribution in [0.5, 0.6) is 0 Å². The molecule has 0 spiro atoms. The van der Waals surface area contributed by atoms with Crippen molar-refractivity contribution in [2.75, 3.05) is 0 Å². The van der Waals surface area contributed by atoms with E-state index in [4.69, 9.17) is 12.2 Å².